The Kier molecular flexibility index (Phi) is 6.31. The van der Waals surface area contributed by atoms with Crippen molar-refractivity contribution in [2.45, 2.75) is 25.3 Å². The lowest BCUT2D eigenvalue weighted by molar-refractivity contribution is 0.0925. The molecule has 2 aromatic heterocycles. The van der Waals surface area contributed by atoms with Gasteiger partial charge in [-0.25, -0.2) is 0 Å². The van der Waals surface area contributed by atoms with E-state index in [-0.39, 0.29) is 22.2 Å². The largest absolute Gasteiger partial charge is 0.507 e. The van der Waals surface area contributed by atoms with Crippen molar-refractivity contribution >= 4 is 34.4 Å². The number of aromatic nitrogens is 1. The fourth-order valence-electron chi connectivity index (χ4n) is 4.99. The van der Waals surface area contributed by atoms with E-state index >= 15 is 0 Å². The number of fused-ring (bicyclic) bond motifs is 1. The van der Waals surface area contributed by atoms with Crippen molar-refractivity contribution in [3.8, 4) is 28.2 Å². The SMILES string of the molecule is CNC(=O)c1c(-c2ccc(C)cc2)oc2ccc(-c3cc(C(=O)NC4(c5ccccn5)CC4)c(O)cc3Cl)cc12. The molecule has 1 aliphatic rings. The molecule has 1 fully saturated rings. The number of amides is 2. The third-order valence-electron chi connectivity index (χ3n) is 7.35. The van der Waals surface area contributed by atoms with Gasteiger partial charge in [0.15, 0.2) is 0 Å². The first-order valence-corrected chi connectivity index (χ1v) is 13.3. The molecule has 0 unspecified atom stereocenters. The van der Waals surface area contributed by atoms with Crippen LogP contribution in [-0.2, 0) is 5.54 Å². The smallest absolute Gasteiger partial charge is 0.255 e. The molecule has 6 rings (SSSR count). The number of carbonyl (C=O) groups is 2. The number of rotatable bonds is 6. The van der Waals surface area contributed by atoms with Gasteiger partial charge in [-0.05, 0) is 61.7 Å². The van der Waals surface area contributed by atoms with Crippen molar-refractivity contribution in [2.75, 3.05) is 7.05 Å². The lowest BCUT2D eigenvalue weighted by atomic mass is 9.98. The van der Waals surface area contributed by atoms with Crippen LogP contribution in [0.2, 0.25) is 5.02 Å². The van der Waals surface area contributed by atoms with Crippen molar-refractivity contribution in [1.82, 2.24) is 15.6 Å². The third kappa shape index (κ3) is 4.48. The minimum Gasteiger partial charge on any atom is -0.507 e. The maximum atomic E-state index is 13.4. The van der Waals surface area contributed by atoms with Crippen LogP contribution in [-0.4, -0.2) is 29.0 Å². The van der Waals surface area contributed by atoms with Gasteiger partial charge in [0, 0.05) is 29.8 Å². The second-order valence-electron chi connectivity index (χ2n) is 10.1. The molecule has 5 aromatic rings. The Morgan fingerprint density at radius 2 is 1.73 bits per heavy atom. The first-order valence-electron chi connectivity index (χ1n) is 12.9. The molecular weight excluding hydrogens is 526 g/mol. The number of aromatic hydroxyl groups is 1. The van der Waals surface area contributed by atoms with Crippen molar-refractivity contribution in [1.29, 1.82) is 0 Å². The van der Waals surface area contributed by atoms with Crippen LogP contribution in [0.25, 0.3) is 33.4 Å². The van der Waals surface area contributed by atoms with Crippen LogP contribution < -0.4 is 10.6 Å². The topological polar surface area (TPSA) is 104 Å². The van der Waals surface area contributed by atoms with Gasteiger partial charge in [-0.1, -0.05) is 53.6 Å². The van der Waals surface area contributed by atoms with E-state index in [4.69, 9.17) is 16.0 Å². The number of furan rings is 1. The molecule has 2 heterocycles. The van der Waals surface area contributed by atoms with Gasteiger partial charge in [-0.3, -0.25) is 14.6 Å². The maximum absolute atomic E-state index is 13.4. The van der Waals surface area contributed by atoms with Gasteiger partial charge < -0.3 is 20.2 Å². The molecule has 1 saturated carbocycles. The normalized spacial score (nSPS) is 13.7. The molecule has 0 atom stereocenters. The number of phenolic OH excluding ortho intramolecular Hbond substituents is 1. The number of hydrogen-bond donors (Lipinski definition) is 3. The molecule has 0 spiro atoms. The van der Waals surface area contributed by atoms with Gasteiger partial charge in [-0.2, -0.15) is 0 Å². The molecule has 0 aliphatic heterocycles. The van der Waals surface area contributed by atoms with Crippen LogP contribution in [0.4, 0.5) is 0 Å². The van der Waals surface area contributed by atoms with Gasteiger partial charge in [-0.15, -0.1) is 0 Å². The molecule has 8 heteroatoms. The van der Waals surface area contributed by atoms with Crippen LogP contribution in [0.3, 0.4) is 0 Å². The zero-order chi connectivity index (χ0) is 28.0. The Balaban J connectivity index is 1.41. The molecule has 2 amide bonds. The van der Waals surface area contributed by atoms with Gasteiger partial charge in [0.2, 0.25) is 0 Å². The fraction of sp³-hybridized carbons (Fsp3) is 0.156. The molecule has 3 N–H and O–H groups in total. The highest BCUT2D eigenvalue weighted by Gasteiger charge is 2.47. The van der Waals surface area contributed by atoms with Crippen LogP contribution in [0.5, 0.6) is 5.75 Å². The average molecular weight is 552 g/mol. The summed E-state index contributed by atoms with van der Waals surface area (Å²) in [6, 6.07) is 21.7. The molecule has 1 aliphatic carbocycles. The molecule has 0 bridgehead atoms. The number of hydrogen-bond acceptors (Lipinski definition) is 5. The van der Waals surface area contributed by atoms with E-state index in [9.17, 15) is 14.7 Å². The van der Waals surface area contributed by atoms with E-state index < -0.39 is 11.4 Å². The summed E-state index contributed by atoms with van der Waals surface area (Å²) >= 11 is 6.57. The number of halogens is 1. The molecule has 200 valence electrons. The minimum absolute atomic E-state index is 0.0979. The van der Waals surface area contributed by atoms with Crippen molar-refractivity contribution in [3.63, 3.8) is 0 Å². The Labute approximate surface area is 235 Å². The average Bonchev–Trinajstić information content (AvgIpc) is 3.64. The second-order valence-corrected chi connectivity index (χ2v) is 10.5. The lowest BCUT2D eigenvalue weighted by Crippen LogP contribution is -2.35. The monoisotopic (exact) mass is 551 g/mol. The number of nitrogens with one attached hydrogen (secondary N) is 2. The number of pyridine rings is 1. The standard InChI is InChI=1S/C32H26ClN3O4/c1-18-6-8-19(9-7-18)29-28(31(39)34-2)23-15-20(10-11-26(23)40-29)21-16-22(25(37)17-24(21)33)30(38)36-32(12-13-32)27-5-3-4-14-35-27/h3-11,14-17,37H,12-13H2,1-2H3,(H,34,39)(H,36,38). The summed E-state index contributed by atoms with van der Waals surface area (Å²) in [5.74, 6) is -0.462. The quantitative estimate of drug-likeness (QED) is 0.220. The first-order chi connectivity index (χ1) is 19.3. The fourth-order valence-corrected chi connectivity index (χ4v) is 5.26. The summed E-state index contributed by atoms with van der Waals surface area (Å²) in [7, 11) is 1.57. The summed E-state index contributed by atoms with van der Waals surface area (Å²) < 4.78 is 6.15. The Morgan fingerprint density at radius 1 is 0.975 bits per heavy atom. The summed E-state index contributed by atoms with van der Waals surface area (Å²) in [6.07, 6.45) is 3.22. The van der Waals surface area contributed by atoms with E-state index in [2.05, 4.69) is 15.6 Å². The summed E-state index contributed by atoms with van der Waals surface area (Å²) in [4.78, 5) is 30.8. The third-order valence-corrected chi connectivity index (χ3v) is 7.67. The second kappa shape index (κ2) is 9.84. The Bertz CT molecular complexity index is 1770. The molecular formula is C32H26ClN3O4. The van der Waals surface area contributed by atoms with Gasteiger partial charge in [0.25, 0.3) is 11.8 Å². The van der Waals surface area contributed by atoms with E-state index in [0.29, 0.717) is 33.4 Å². The van der Waals surface area contributed by atoms with Crippen LogP contribution in [0.15, 0.2) is 83.4 Å². The number of benzene rings is 3. The van der Waals surface area contributed by atoms with Crippen LogP contribution >= 0.6 is 11.6 Å². The van der Waals surface area contributed by atoms with Crippen molar-refractivity contribution in [2.24, 2.45) is 0 Å². The molecule has 7 nitrogen and oxygen atoms in total. The predicted molar refractivity (Wildman–Crippen MR) is 155 cm³/mol. The lowest BCUT2D eigenvalue weighted by Gasteiger charge is -2.18. The zero-order valence-electron chi connectivity index (χ0n) is 21.9. The molecule has 3 aromatic carbocycles. The molecule has 0 radical (unpaired) electrons. The molecule has 0 saturated heterocycles. The summed E-state index contributed by atoms with van der Waals surface area (Å²) in [6.45, 7) is 1.99. The van der Waals surface area contributed by atoms with Crippen LogP contribution in [0.1, 0.15) is 44.8 Å². The summed E-state index contributed by atoms with van der Waals surface area (Å²) in [5.41, 5.74) is 4.36. The number of aryl methyl sites for hydroxylation is 1. The van der Waals surface area contributed by atoms with Crippen molar-refractivity contribution < 1.29 is 19.1 Å². The minimum atomic E-state index is -0.547. The number of nitrogens with zero attached hydrogens (tertiary/aromatic N) is 1. The van der Waals surface area contributed by atoms with Crippen molar-refractivity contribution in [3.05, 3.63) is 106 Å². The summed E-state index contributed by atoms with van der Waals surface area (Å²) in [5, 5.41) is 17.3. The van der Waals surface area contributed by atoms with E-state index in [1.165, 1.54) is 6.07 Å². The Morgan fingerprint density at radius 3 is 2.40 bits per heavy atom. The van der Waals surface area contributed by atoms with Gasteiger partial charge in [0.1, 0.15) is 17.1 Å². The van der Waals surface area contributed by atoms with E-state index in [1.807, 2.05) is 61.5 Å². The first kappa shape index (κ1) is 25.6. The zero-order valence-corrected chi connectivity index (χ0v) is 22.7. The number of phenols is 1. The van der Waals surface area contributed by atoms with Crippen LogP contribution in [0, 0.1) is 6.92 Å². The van der Waals surface area contributed by atoms with Gasteiger partial charge in [0.05, 0.1) is 27.4 Å². The Hall–Kier alpha value is -4.62. The van der Waals surface area contributed by atoms with Gasteiger partial charge >= 0.3 is 0 Å². The molecule has 40 heavy (non-hydrogen) atoms. The number of carbonyl (C=O) groups excluding carboxylic acids is 2. The maximum Gasteiger partial charge on any atom is 0.255 e. The predicted octanol–water partition coefficient (Wildman–Crippen LogP) is 6.61. The highest BCUT2D eigenvalue weighted by atomic mass is 35.5. The highest BCUT2D eigenvalue weighted by molar-refractivity contribution is 6.33. The highest BCUT2D eigenvalue weighted by Crippen LogP contribution is 2.45. The van der Waals surface area contributed by atoms with E-state index in [0.717, 1.165) is 29.7 Å². The van der Waals surface area contributed by atoms with E-state index in [1.54, 1.807) is 25.4 Å².